The number of hydrogen-bond acceptors (Lipinski definition) is 2. The van der Waals surface area contributed by atoms with Crippen LogP contribution in [0.15, 0.2) is 53.4 Å². The number of carbonyl (C=O) groups is 1. The molecule has 1 amide bonds. The van der Waals surface area contributed by atoms with Gasteiger partial charge in [0.05, 0.1) is 5.25 Å². The number of thioether (sulfide) groups is 1. The van der Waals surface area contributed by atoms with Crippen molar-refractivity contribution in [2.75, 3.05) is 6.54 Å². The van der Waals surface area contributed by atoms with E-state index in [1.54, 1.807) is 23.9 Å². The molecule has 108 valence electrons. The first-order valence-electron chi connectivity index (χ1n) is 6.99. The Hall–Kier alpha value is -1.81. The molecule has 1 unspecified atom stereocenters. The summed E-state index contributed by atoms with van der Waals surface area (Å²) in [5.41, 5.74) is 2.28. The van der Waals surface area contributed by atoms with Crippen LogP contribution in [0, 0.1) is 5.82 Å². The predicted octanol–water partition coefficient (Wildman–Crippen LogP) is 3.20. The highest BCUT2D eigenvalue weighted by atomic mass is 32.2. The van der Waals surface area contributed by atoms with Gasteiger partial charge in [-0.1, -0.05) is 30.3 Å². The zero-order chi connectivity index (χ0) is 14.7. The third-order valence-electron chi connectivity index (χ3n) is 3.57. The molecular weight excluding hydrogens is 285 g/mol. The summed E-state index contributed by atoms with van der Waals surface area (Å²) in [5, 5.41) is 2.94. The average molecular weight is 301 g/mol. The van der Waals surface area contributed by atoms with Crippen LogP contribution in [-0.4, -0.2) is 17.7 Å². The van der Waals surface area contributed by atoms with Crippen LogP contribution in [0.4, 0.5) is 4.39 Å². The maximum Gasteiger partial charge on any atom is 0.233 e. The maximum atomic E-state index is 12.8. The van der Waals surface area contributed by atoms with Crippen molar-refractivity contribution >= 4 is 17.7 Å². The van der Waals surface area contributed by atoms with E-state index in [-0.39, 0.29) is 17.0 Å². The summed E-state index contributed by atoms with van der Waals surface area (Å²) in [6.45, 7) is 0.581. The number of nitrogens with one attached hydrogen (secondary N) is 1. The zero-order valence-corrected chi connectivity index (χ0v) is 12.3. The molecule has 1 heterocycles. The van der Waals surface area contributed by atoms with Crippen LogP contribution in [0.3, 0.4) is 0 Å². The van der Waals surface area contributed by atoms with Crippen LogP contribution in [0.5, 0.6) is 0 Å². The van der Waals surface area contributed by atoms with E-state index < -0.39 is 0 Å². The summed E-state index contributed by atoms with van der Waals surface area (Å²) >= 11 is 1.63. The van der Waals surface area contributed by atoms with E-state index in [2.05, 4.69) is 17.4 Å². The van der Waals surface area contributed by atoms with Crippen molar-refractivity contribution in [2.45, 2.75) is 23.0 Å². The van der Waals surface area contributed by atoms with E-state index >= 15 is 0 Å². The fourth-order valence-electron chi connectivity index (χ4n) is 2.42. The Morgan fingerprint density at radius 3 is 2.71 bits per heavy atom. The first kappa shape index (κ1) is 14.1. The highest BCUT2D eigenvalue weighted by molar-refractivity contribution is 8.01. The third-order valence-corrected chi connectivity index (χ3v) is 4.88. The fourth-order valence-corrected chi connectivity index (χ4v) is 3.64. The first-order chi connectivity index (χ1) is 10.2. The molecule has 1 aliphatic heterocycles. The number of halogens is 1. The predicted molar refractivity (Wildman–Crippen MR) is 82.9 cm³/mol. The fraction of sp³-hybridized carbons (Fsp3) is 0.235. The lowest BCUT2D eigenvalue weighted by Crippen LogP contribution is -2.33. The molecule has 4 heteroatoms. The zero-order valence-electron chi connectivity index (χ0n) is 11.5. The van der Waals surface area contributed by atoms with Gasteiger partial charge in [-0.2, -0.15) is 0 Å². The molecule has 2 aromatic carbocycles. The summed E-state index contributed by atoms with van der Waals surface area (Å²) in [6, 6.07) is 14.5. The van der Waals surface area contributed by atoms with Crippen molar-refractivity contribution in [2.24, 2.45) is 0 Å². The molecule has 0 saturated carbocycles. The van der Waals surface area contributed by atoms with Gasteiger partial charge in [0.2, 0.25) is 5.91 Å². The second-order valence-corrected chi connectivity index (χ2v) is 6.33. The van der Waals surface area contributed by atoms with Crippen molar-refractivity contribution < 1.29 is 9.18 Å². The van der Waals surface area contributed by atoms with Crippen molar-refractivity contribution in [3.8, 4) is 0 Å². The van der Waals surface area contributed by atoms with Crippen LogP contribution in [0.25, 0.3) is 0 Å². The standard InChI is InChI=1S/C17H16FNOS/c18-14-7-5-12(6-8-14)9-10-19-17(20)16-11-13-3-1-2-4-15(13)21-16/h1-8,16H,9-11H2,(H,19,20). The van der Waals surface area contributed by atoms with E-state index in [0.717, 1.165) is 18.4 Å². The Morgan fingerprint density at radius 2 is 1.95 bits per heavy atom. The van der Waals surface area contributed by atoms with Crippen molar-refractivity contribution in [1.29, 1.82) is 0 Å². The second kappa shape index (κ2) is 6.31. The van der Waals surface area contributed by atoms with Gasteiger partial charge < -0.3 is 5.32 Å². The van der Waals surface area contributed by atoms with Gasteiger partial charge in [-0.25, -0.2) is 4.39 Å². The molecule has 0 aliphatic carbocycles. The summed E-state index contributed by atoms with van der Waals surface area (Å²) in [6.07, 6.45) is 1.51. The molecule has 0 aromatic heterocycles. The van der Waals surface area contributed by atoms with Gasteiger partial charge in [-0.3, -0.25) is 4.79 Å². The van der Waals surface area contributed by atoms with Crippen LogP contribution in [0.1, 0.15) is 11.1 Å². The number of fused-ring (bicyclic) bond motifs is 1. The number of amides is 1. The maximum absolute atomic E-state index is 12.8. The van der Waals surface area contributed by atoms with Gasteiger partial charge in [0.25, 0.3) is 0 Å². The molecular formula is C17H16FNOS. The topological polar surface area (TPSA) is 29.1 Å². The van der Waals surface area contributed by atoms with Crippen molar-refractivity contribution in [3.63, 3.8) is 0 Å². The Morgan fingerprint density at radius 1 is 1.19 bits per heavy atom. The molecule has 2 nitrogen and oxygen atoms in total. The Balaban J connectivity index is 1.48. The smallest absolute Gasteiger partial charge is 0.233 e. The summed E-state index contributed by atoms with van der Waals surface area (Å²) in [7, 11) is 0. The molecule has 0 radical (unpaired) electrons. The lowest BCUT2D eigenvalue weighted by atomic mass is 10.1. The van der Waals surface area contributed by atoms with Crippen LogP contribution < -0.4 is 5.32 Å². The Labute approximate surface area is 127 Å². The van der Waals surface area contributed by atoms with Crippen LogP contribution in [-0.2, 0) is 17.6 Å². The van der Waals surface area contributed by atoms with E-state index in [1.807, 2.05) is 12.1 Å². The molecule has 2 aromatic rings. The first-order valence-corrected chi connectivity index (χ1v) is 7.87. The SMILES string of the molecule is O=C(NCCc1ccc(F)cc1)C1Cc2ccccc2S1. The monoisotopic (exact) mass is 301 g/mol. The van der Waals surface area contributed by atoms with Crippen molar-refractivity contribution in [1.82, 2.24) is 5.32 Å². The third kappa shape index (κ3) is 3.45. The molecule has 1 aliphatic rings. The van der Waals surface area contributed by atoms with Crippen LogP contribution in [0.2, 0.25) is 0 Å². The molecule has 0 saturated heterocycles. The molecule has 3 rings (SSSR count). The van der Waals surface area contributed by atoms with E-state index in [9.17, 15) is 9.18 Å². The second-order valence-electron chi connectivity index (χ2n) is 5.09. The highest BCUT2D eigenvalue weighted by Crippen LogP contribution is 2.36. The lowest BCUT2D eigenvalue weighted by molar-refractivity contribution is -0.120. The minimum atomic E-state index is -0.233. The molecule has 21 heavy (non-hydrogen) atoms. The van der Waals surface area contributed by atoms with E-state index in [0.29, 0.717) is 6.54 Å². The number of rotatable bonds is 4. The van der Waals surface area contributed by atoms with E-state index in [1.165, 1.54) is 22.6 Å². The molecule has 0 spiro atoms. The quantitative estimate of drug-likeness (QED) is 0.939. The van der Waals surface area contributed by atoms with Crippen molar-refractivity contribution in [3.05, 3.63) is 65.5 Å². The molecule has 0 bridgehead atoms. The Kier molecular flexibility index (Phi) is 4.25. The van der Waals surface area contributed by atoms with Gasteiger partial charge in [-0.05, 0) is 42.2 Å². The van der Waals surface area contributed by atoms with E-state index in [4.69, 9.17) is 0 Å². The molecule has 1 N–H and O–H groups in total. The van der Waals surface area contributed by atoms with Gasteiger partial charge in [-0.15, -0.1) is 11.8 Å². The summed E-state index contributed by atoms with van der Waals surface area (Å²) in [5.74, 6) is -0.152. The largest absolute Gasteiger partial charge is 0.355 e. The lowest BCUT2D eigenvalue weighted by Gasteiger charge is -2.10. The minimum Gasteiger partial charge on any atom is -0.355 e. The molecule has 0 fully saturated rings. The minimum absolute atomic E-state index is 0.0318. The summed E-state index contributed by atoms with van der Waals surface area (Å²) in [4.78, 5) is 13.4. The summed E-state index contributed by atoms with van der Waals surface area (Å²) < 4.78 is 12.8. The number of benzene rings is 2. The van der Waals surface area contributed by atoms with Gasteiger partial charge in [0.1, 0.15) is 5.82 Å². The number of hydrogen-bond donors (Lipinski definition) is 1. The average Bonchev–Trinajstić information content (AvgIpc) is 2.93. The van der Waals surface area contributed by atoms with Gasteiger partial charge in [0, 0.05) is 11.4 Å². The van der Waals surface area contributed by atoms with Gasteiger partial charge in [0.15, 0.2) is 0 Å². The molecule has 1 atom stereocenters. The normalized spacial score (nSPS) is 16.5. The van der Waals surface area contributed by atoms with Crippen LogP contribution >= 0.6 is 11.8 Å². The number of carbonyl (C=O) groups excluding carboxylic acids is 1. The van der Waals surface area contributed by atoms with Gasteiger partial charge >= 0.3 is 0 Å². The highest BCUT2D eigenvalue weighted by Gasteiger charge is 2.27. The Bertz CT molecular complexity index is 616.